The third-order valence-electron chi connectivity index (χ3n) is 16.0. The van der Waals surface area contributed by atoms with Crippen LogP contribution >= 0.6 is 0 Å². The molecule has 0 spiro atoms. The van der Waals surface area contributed by atoms with E-state index >= 15 is 0 Å². The summed E-state index contributed by atoms with van der Waals surface area (Å²) in [7, 11) is -8.21. The fraction of sp³-hybridized carbons (Fsp3) is 0.424. The van der Waals surface area contributed by atoms with Crippen LogP contribution in [0.3, 0.4) is 0 Å². The number of carbonyl (C=O) groups is 2. The van der Waals surface area contributed by atoms with E-state index < -0.39 is 160 Å². The van der Waals surface area contributed by atoms with Crippen LogP contribution in [0.4, 0.5) is 24.5 Å². The summed E-state index contributed by atoms with van der Waals surface area (Å²) in [6.45, 7) is 6.78. The fourth-order valence-electron chi connectivity index (χ4n) is 11.1. The first-order valence-electron chi connectivity index (χ1n) is 31.0. The Labute approximate surface area is 581 Å². The van der Waals surface area contributed by atoms with E-state index in [1.165, 1.54) is 39.2 Å². The second-order valence-electron chi connectivity index (χ2n) is 24.3. The number of rotatable bonds is 21. The monoisotopic (exact) mass is 1480 g/mol. The van der Waals surface area contributed by atoms with Crippen LogP contribution in [0, 0.1) is 27.7 Å². The quantitative estimate of drug-likeness (QED) is 0.0488. The molecule has 3 aliphatic rings. The molecule has 3 fully saturated rings. The summed E-state index contributed by atoms with van der Waals surface area (Å²) in [4.78, 5) is 23.3. The van der Waals surface area contributed by atoms with E-state index in [1.54, 1.807) is 85.0 Å². The van der Waals surface area contributed by atoms with Gasteiger partial charge >= 0.3 is 22.3 Å². The molecule has 9 rings (SSSR count). The predicted octanol–water partition coefficient (Wildman–Crippen LogP) is 1.81. The number of halogens is 3. The summed E-state index contributed by atoms with van der Waals surface area (Å²) in [6, 6.07) is 32.0. The number of sulfonamides is 2. The van der Waals surface area contributed by atoms with Crippen molar-refractivity contribution in [1.29, 1.82) is 0 Å². The number of carbonyl (C=O) groups excluding carboxylic acids is 2. The number of hydrogen-bond donors (Lipinski definition) is 14. The molecule has 3 heterocycles. The van der Waals surface area contributed by atoms with Gasteiger partial charge < -0.3 is 85.0 Å². The zero-order valence-electron chi connectivity index (χ0n) is 56.0. The molecular weight excluding hydrogens is 1400 g/mol. The van der Waals surface area contributed by atoms with Gasteiger partial charge in [-0.15, -0.1) is 0 Å². The third-order valence-corrected chi connectivity index (χ3v) is 18.8. The van der Waals surface area contributed by atoms with Crippen LogP contribution in [-0.2, 0) is 54.1 Å². The molecule has 29 nitrogen and oxygen atoms in total. The Bertz CT molecular complexity index is 4200. The maximum absolute atomic E-state index is 12.9. The molecular formula is C66H83F3N6O23S3. The maximum atomic E-state index is 12.9. The molecule has 3 aliphatic heterocycles. The van der Waals surface area contributed by atoms with Gasteiger partial charge in [0.2, 0.25) is 44.8 Å². The summed E-state index contributed by atoms with van der Waals surface area (Å²) in [5.41, 5.74) is 7.88. The highest BCUT2D eigenvalue weighted by Gasteiger charge is 2.51. The number of nitrogens with one attached hydrogen (secondary N) is 5. The van der Waals surface area contributed by atoms with E-state index in [9.17, 15) is 94.0 Å². The number of alkyl halides is 3. The highest BCUT2D eigenvalue weighted by atomic mass is 32.2. The zero-order chi connectivity index (χ0) is 74.8. The van der Waals surface area contributed by atoms with Crippen LogP contribution in [-0.4, -0.2) is 232 Å². The molecule has 6 unspecified atom stereocenters. The van der Waals surface area contributed by atoms with Crippen molar-refractivity contribution in [2.24, 2.45) is 0 Å². The summed E-state index contributed by atoms with van der Waals surface area (Å²) in [6.07, 6.45) is -21.0. The average Bonchev–Trinajstić information content (AvgIpc) is 0.794. The second kappa shape index (κ2) is 34.1. The Kier molecular flexibility index (Phi) is 27.2. The van der Waals surface area contributed by atoms with Crippen molar-refractivity contribution in [3.8, 4) is 50.6 Å². The molecule has 14 N–H and O–H groups in total. The first kappa shape index (κ1) is 80.6. The van der Waals surface area contributed by atoms with E-state index in [4.69, 9.17) is 28.4 Å². The van der Waals surface area contributed by atoms with Crippen molar-refractivity contribution in [2.45, 2.75) is 133 Å². The predicted molar refractivity (Wildman–Crippen MR) is 362 cm³/mol. The van der Waals surface area contributed by atoms with Gasteiger partial charge in [0.05, 0.1) is 38.0 Å². The molecule has 101 heavy (non-hydrogen) atoms. The largest absolute Gasteiger partial charge is 0.471 e. The molecule has 2 amide bonds. The normalized spacial score (nSPS) is 25.4. The van der Waals surface area contributed by atoms with Gasteiger partial charge in [0.15, 0.2) is 0 Å². The first-order valence-corrected chi connectivity index (χ1v) is 36.2. The van der Waals surface area contributed by atoms with Crippen LogP contribution in [0.25, 0.3) is 33.4 Å². The van der Waals surface area contributed by atoms with Crippen LogP contribution < -0.4 is 39.0 Å². The lowest BCUT2D eigenvalue weighted by Gasteiger charge is -2.42. The Morgan fingerprint density at radius 1 is 0.485 bits per heavy atom. The van der Waals surface area contributed by atoms with Crippen molar-refractivity contribution in [2.75, 3.05) is 55.9 Å². The lowest BCUT2D eigenvalue weighted by Crippen LogP contribution is -2.66. The molecule has 0 aromatic heterocycles. The number of nitrogens with zero attached hydrogens (tertiary/aromatic N) is 1. The topological polar surface area (TPSA) is 437 Å². The lowest BCUT2D eigenvalue weighted by molar-refractivity contribution is -0.247. The van der Waals surface area contributed by atoms with Crippen molar-refractivity contribution in [3.05, 3.63) is 150 Å². The van der Waals surface area contributed by atoms with Gasteiger partial charge in [-0.2, -0.15) is 25.9 Å². The minimum Gasteiger partial charge on any atom is -0.462 e. The van der Waals surface area contributed by atoms with Gasteiger partial charge in [-0.1, -0.05) is 90.5 Å². The number of aliphatic hydroxyl groups excluding tert-OH is 9. The van der Waals surface area contributed by atoms with E-state index in [0.717, 1.165) is 44.6 Å². The molecule has 554 valence electrons. The first-order chi connectivity index (χ1) is 47.2. The Balaban J connectivity index is 0.000000213. The maximum Gasteiger partial charge on any atom is 0.471 e. The smallest absolute Gasteiger partial charge is 0.462 e. The number of ether oxygens (including phenoxy) is 6. The molecule has 0 bridgehead atoms. The van der Waals surface area contributed by atoms with Gasteiger partial charge in [0.1, 0.15) is 90.3 Å². The van der Waals surface area contributed by atoms with E-state index in [0.29, 0.717) is 45.0 Å². The number of anilines is 2. The van der Waals surface area contributed by atoms with Crippen molar-refractivity contribution >= 4 is 53.4 Å². The van der Waals surface area contributed by atoms with Crippen LogP contribution in [0.1, 0.15) is 29.2 Å². The lowest BCUT2D eigenvalue weighted by atomic mass is 9.96. The highest BCUT2D eigenvalue weighted by molar-refractivity contribution is 7.92. The number of amides is 2. The Morgan fingerprint density at radius 2 is 0.832 bits per heavy atom. The second-order valence-corrected chi connectivity index (χ2v) is 29.7. The summed E-state index contributed by atoms with van der Waals surface area (Å²) >= 11 is 0. The Hall–Kier alpha value is -7.66. The van der Waals surface area contributed by atoms with Crippen molar-refractivity contribution in [3.63, 3.8) is 0 Å². The molecule has 35 heteroatoms. The van der Waals surface area contributed by atoms with E-state index in [1.807, 2.05) is 57.2 Å². The molecule has 0 radical (unpaired) electrons. The van der Waals surface area contributed by atoms with Crippen molar-refractivity contribution in [1.82, 2.24) is 19.7 Å². The van der Waals surface area contributed by atoms with Crippen LogP contribution in [0.15, 0.2) is 127 Å². The molecule has 6 aromatic carbocycles. The molecule has 15 atom stereocenters. The SMILES string of the molecule is CC(=O)NC1[C@H](Oc2cccc(C)c2-c2cccc(NS(=O)(=O)N(C)C)c2)OC(CO)[C@H](O)[C@@H]1O.Cc1cccc(-c2c(C)cccc2O[C@@H]2OC(CO)[C@H](O)[C@H](O)C2NS(C)(=O)=O)c1.Cc1cccc(O[C@@H]2OC(CO)[C@H](O)[C@H](O)C2NC(=O)C(F)(F)F)c1-c1cccc(NS(C)(=O)=O)c1. The van der Waals surface area contributed by atoms with Gasteiger partial charge in [0.25, 0.3) is 0 Å². The van der Waals surface area contributed by atoms with Crippen molar-refractivity contribution < 1.29 is 122 Å². The minimum atomic E-state index is -5.29. The van der Waals surface area contributed by atoms with Crippen LogP contribution in [0.2, 0.25) is 0 Å². The minimum absolute atomic E-state index is 0.0584. The molecule has 6 aromatic rings. The molecule has 3 saturated heterocycles. The molecule has 0 saturated carbocycles. The molecule has 0 aliphatic carbocycles. The highest BCUT2D eigenvalue weighted by Crippen LogP contribution is 2.40. The summed E-state index contributed by atoms with van der Waals surface area (Å²) in [5, 5.41) is 94.7. The third kappa shape index (κ3) is 21.0. The zero-order valence-corrected chi connectivity index (χ0v) is 58.4. The fourth-order valence-corrected chi connectivity index (χ4v) is 13.0. The van der Waals surface area contributed by atoms with Crippen LogP contribution in [0.5, 0.6) is 17.2 Å². The number of aryl methyl sites for hydroxylation is 4. The standard InChI is InChI=1S/C23H31N3O8S.C22H25F3N2O8S.C21H27NO7S/c1-13-7-5-10-17(19(13)15-8-6-9-16(11-15)25-35(31,32)26(3)4)33-23-20(24-14(2)28)22(30)21(29)18(12-27)34-23;1-11-5-3-8-14(16(11)12-6-4-7-13(9-12)27-36(2,32)33)34-20-17(26-21(31)22(23,24)25)19(30)18(29)15(10-28)35-20;1-12-6-4-8-14(10-12)17-13(2)7-5-9-15(17)28-21-18(22-30(3,26)27)20(25)19(24)16(11-23)29-21/h5-11,18,20-23,25,27,29-30H,12H2,1-4H3,(H,24,28);3-9,15,17-20,27-30H,10H2,1-2H3,(H,26,31);4-10,16,18-25H,11H2,1-3H3/t18?,20?,21-,22+,23+;15?,17?,18-,19+,20+;16?,18?,19-,20+,21+/m000/s1. The number of aliphatic hydroxyl groups is 9. The number of benzene rings is 6. The van der Waals surface area contributed by atoms with E-state index in [2.05, 4.69) is 19.5 Å². The van der Waals surface area contributed by atoms with Gasteiger partial charge in [0, 0.05) is 43.4 Å². The van der Waals surface area contributed by atoms with E-state index in [-0.39, 0.29) is 11.4 Å². The summed E-state index contributed by atoms with van der Waals surface area (Å²) in [5.74, 6) is -2.04. The number of hydrogen-bond acceptors (Lipinski definition) is 23. The summed E-state index contributed by atoms with van der Waals surface area (Å²) < 4.78 is 153. The van der Waals surface area contributed by atoms with Gasteiger partial charge in [-0.25, -0.2) is 21.6 Å². The average molecular weight is 1480 g/mol. The van der Waals surface area contributed by atoms with Gasteiger partial charge in [-0.05, 0) is 104 Å². The Morgan fingerprint density at radius 3 is 1.18 bits per heavy atom. The van der Waals surface area contributed by atoms with Gasteiger partial charge in [-0.3, -0.25) is 19.0 Å².